The highest BCUT2D eigenvalue weighted by Gasteiger charge is 2.28. The van der Waals surface area contributed by atoms with Crippen LogP contribution in [0.5, 0.6) is 0 Å². The Bertz CT molecular complexity index is 3350. The number of benzene rings is 4. The summed E-state index contributed by atoms with van der Waals surface area (Å²) < 4.78 is 4.06. The van der Waals surface area contributed by atoms with E-state index in [9.17, 15) is 15.0 Å². The Balaban J connectivity index is 0.000000161. The van der Waals surface area contributed by atoms with Crippen LogP contribution in [0.15, 0.2) is 85.2 Å². The molecule has 0 atom stereocenters. The van der Waals surface area contributed by atoms with E-state index in [1.807, 2.05) is 32.7 Å². The largest absolute Gasteiger partial charge is 0.393 e. The Kier molecular flexibility index (Phi) is 14.2. The molecule has 17 heteroatoms. The van der Waals surface area contributed by atoms with Crippen LogP contribution in [-0.2, 0) is 30.7 Å². The van der Waals surface area contributed by atoms with E-state index in [1.54, 1.807) is 6.92 Å². The van der Waals surface area contributed by atoms with E-state index in [0.29, 0.717) is 18.4 Å². The minimum Gasteiger partial charge on any atom is -0.393 e. The zero-order valence-corrected chi connectivity index (χ0v) is 43.6. The van der Waals surface area contributed by atoms with Gasteiger partial charge in [-0.2, -0.15) is 20.2 Å². The summed E-state index contributed by atoms with van der Waals surface area (Å²) in [5.74, 6) is 2.65. The van der Waals surface area contributed by atoms with E-state index in [4.69, 9.17) is 20.2 Å². The van der Waals surface area contributed by atoms with Gasteiger partial charge in [-0.1, -0.05) is 48.5 Å². The number of aryl methyl sites for hydroxylation is 4. The predicted molar refractivity (Wildman–Crippen MR) is 296 cm³/mol. The zero-order chi connectivity index (χ0) is 51.7. The third-order valence-corrected chi connectivity index (χ3v) is 15.6. The molecule has 1 amide bonds. The zero-order valence-electron chi connectivity index (χ0n) is 43.6. The fourth-order valence-electron chi connectivity index (χ4n) is 11.2. The van der Waals surface area contributed by atoms with Crippen LogP contribution in [0.1, 0.15) is 115 Å². The van der Waals surface area contributed by atoms with E-state index >= 15 is 0 Å². The first kappa shape index (κ1) is 49.7. The topological polar surface area (TPSA) is 208 Å². The van der Waals surface area contributed by atoms with E-state index in [2.05, 4.69) is 131 Å². The van der Waals surface area contributed by atoms with E-state index in [-0.39, 0.29) is 30.2 Å². The van der Waals surface area contributed by atoms with Crippen molar-refractivity contribution in [2.75, 3.05) is 34.4 Å². The summed E-state index contributed by atoms with van der Waals surface area (Å²) in [5.41, 5.74) is 15.3. The number of para-hydroxylation sites is 2. The molecular weight excluding hydrogens is 941 g/mol. The van der Waals surface area contributed by atoms with Gasteiger partial charge in [-0.05, 0) is 167 Å². The number of aliphatic hydroxyl groups is 2. The summed E-state index contributed by atoms with van der Waals surface area (Å²) in [7, 11) is 0. The van der Waals surface area contributed by atoms with E-state index < -0.39 is 0 Å². The number of carbonyl (C=O) groups is 1. The molecule has 2 aliphatic carbocycles. The second kappa shape index (κ2) is 21.4. The molecule has 0 radical (unpaired) electrons. The summed E-state index contributed by atoms with van der Waals surface area (Å²) in [6, 6.07) is 25.6. The Morgan fingerprint density at radius 2 is 1.05 bits per heavy atom. The molecule has 0 spiro atoms. The molecule has 8 aromatic rings. The Hall–Kier alpha value is -7.47. The second-order valence-corrected chi connectivity index (χ2v) is 21.0. The number of carbonyl (C=O) groups excluding carboxylic acids is 1. The number of amides is 1. The number of anilines is 8. The van der Waals surface area contributed by atoms with Gasteiger partial charge in [0.15, 0.2) is 22.9 Å². The second-order valence-electron chi connectivity index (χ2n) is 21.0. The number of hydrogen-bond acceptors (Lipinski definition) is 14. The summed E-state index contributed by atoms with van der Waals surface area (Å²) in [5, 5.41) is 49.3. The third-order valence-electron chi connectivity index (χ3n) is 15.6. The van der Waals surface area contributed by atoms with Crippen molar-refractivity contribution < 1.29 is 15.0 Å². The van der Waals surface area contributed by atoms with Crippen LogP contribution >= 0.6 is 0 Å². The van der Waals surface area contributed by atoms with Gasteiger partial charge in [0, 0.05) is 61.7 Å². The standard InChI is InChI=1S/C30H35N7O2.C28H33N7O/c1-18-5-4-6-19(2)27(18)33-28-26-16-31-30(34-29(26)37(35-28)24-9-11-25(39)12-10-24)32-23-8-7-21-13-14-36(20(3)38)17-22(21)15-23;1-17-4-3-5-18(2)25(17)32-26-24-16-30-28(31-21-7-6-19-12-13-29-15-20(19)14-21)33-27(24)35(34-26)22-8-10-23(36)11-9-22/h4-8,15-16,24-25,39H,9-14,17H2,1-3H3,(H,33,35)(H,31,32,34);3-7,14,16,22-23,29,36H,8-13,15H2,1-2H3,(H,32,34)(H,30,31,33). The maximum absolute atomic E-state index is 11.9. The molecule has 17 nitrogen and oxygen atoms in total. The molecule has 2 fully saturated rings. The highest BCUT2D eigenvalue weighted by molar-refractivity contribution is 5.91. The van der Waals surface area contributed by atoms with Crippen molar-refractivity contribution in [3.8, 4) is 0 Å². The molecule has 0 bridgehead atoms. The molecular formula is C58H68N14O3. The molecule has 4 aromatic carbocycles. The van der Waals surface area contributed by atoms with Crippen molar-refractivity contribution in [1.82, 2.24) is 49.7 Å². The maximum atomic E-state index is 11.9. The smallest absolute Gasteiger partial charge is 0.229 e. The van der Waals surface area contributed by atoms with Gasteiger partial charge in [0.05, 0.1) is 35.1 Å². The molecule has 75 heavy (non-hydrogen) atoms. The Morgan fingerprint density at radius 1 is 0.587 bits per heavy atom. The monoisotopic (exact) mass is 1010 g/mol. The minimum atomic E-state index is -0.245. The molecule has 0 saturated heterocycles. The fourth-order valence-corrected chi connectivity index (χ4v) is 11.2. The lowest BCUT2D eigenvalue weighted by atomic mass is 9.93. The minimum absolute atomic E-state index is 0.0987. The van der Waals surface area contributed by atoms with Gasteiger partial charge in [0.2, 0.25) is 17.8 Å². The van der Waals surface area contributed by atoms with Crippen LogP contribution in [0.25, 0.3) is 22.1 Å². The molecule has 2 aliphatic heterocycles. The number of rotatable bonds is 10. The Morgan fingerprint density at radius 3 is 1.53 bits per heavy atom. The molecule has 4 aromatic heterocycles. The number of nitrogens with one attached hydrogen (secondary N) is 5. The lowest BCUT2D eigenvalue weighted by Crippen LogP contribution is -2.34. The summed E-state index contributed by atoms with van der Waals surface area (Å²) in [4.78, 5) is 33.0. The number of aliphatic hydroxyl groups excluding tert-OH is 2. The van der Waals surface area contributed by atoms with Crippen molar-refractivity contribution in [3.05, 3.63) is 130 Å². The highest BCUT2D eigenvalue weighted by atomic mass is 16.3. The fraction of sp³-hybridized carbons (Fsp3) is 0.397. The Labute approximate surface area is 437 Å². The molecule has 4 aliphatic rings. The van der Waals surface area contributed by atoms with Gasteiger partial charge < -0.3 is 41.7 Å². The summed E-state index contributed by atoms with van der Waals surface area (Å²) >= 11 is 0. The van der Waals surface area contributed by atoms with Gasteiger partial charge in [0.1, 0.15) is 0 Å². The molecule has 12 rings (SSSR count). The normalized spacial score (nSPS) is 19.4. The van der Waals surface area contributed by atoms with Gasteiger partial charge >= 0.3 is 0 Å². The van der Waals surface area contributed by atoms with Gasteiger partial charge in [-0.25, -0.2) is 19.3 Å². The molecule has 0 unspecified atom stereocenters. The number of hydrogen-bond donors (Lipinski definition) is 7. The quantitative estimate of drug-likeness (QED) is 0.0681. The van der Waals surface area contributed by atoms with Crippen molar-refractivity contribution in [2.24, 2.45) is 0 Å². The average Bonchev–Trinajstić information content (AvgIpc) is 3.96. The van der Waals surface area contributed by atoms with Crippen LogP contribution < -0.4 is 26.6 Å². The maximum Gasteiger partial charge on any atom is 0.229 e. The number of aromatic nitrogens is 8. The van der Waals surface area contributed by atoms with Crippen molar-refractivity contribution >= 4 is 74.3 Å². The first-order valence-corrected chi connectivity index (χ1v) is 26.7. The lowest BCUT2D eigenvalue weighted by Gasteiger charge is -2.28. The van der Waals surface area contributed by atoms with Gasteiger partial charge in [0.25, 0.3) is 0 Å². The van der Waals surface area contributed by atoms with Crippen LogP contribution in [0.4, 0.5) is 46.3 Å². The van der Waals surface area contributed by atoms with Crippen LogP contribution in [-0.4, -0.2) is 85.8 Å². The number of nitrogens with zero attached hydrogens (tertiary/aromatic N) is 9. The van der Waals surface area contributed by atoms with E-state index in [0.717, 1.165) is 157 Å². The van der Waals surface area contributed by atoms with E-state index in [1.165, 1.54) is 27.8 Å². The lowest BCUT2D eigenvalue weighted by molar-refractivity contribution is -0.129. The predicted octanol–water partition coefficient (Wildman–Crippen LogP) is 10.4. The molecule has 2 saturated carbocycles. The SMILES string of the molecule is CC(=O)N1CCc2ccc(Nc3ncc4c(Nc5c(C)cccc5C)nn(C5CCC(O)CC5)c4n3)cc2C1.Cc1cccc(C)c1Nc1nn(C2CCC(O)CC2)c2nc(Nc3ccc4c(c3)CNCC4)ncc12. The summed E-state index contributed by atoms with van der Waals surface area (Å²) in [6.45, 7) is 13.3. The van der Waals surface area contributed by atoms with Gasteiger partial charge in [-0.15, -0.1) is 0 Å². The van der Waals surface area contributed by atoms with Crippen LogP contribution in [0, 0.1) is 27.7 Å². The van der Waals surface area contributed by atoms with Crippen molar-refractivity contribution in [2.45, 2.75) is 136 Å². The average molecular weight is 1010 g/mol. The van der Waals surface area contributed by atoms with Crippen molar-refractivity contribution in [3.63, 3.8) is 0 Å². The molecule has 388 valence electrons. The third kappa shape index (κ3) is 10.8. The van der Waals surface area contributed by atoms with Crippen LogP contribution in [0.3, 0.4) is 0 Å². The first-order chi connectivity index (χ1) is 36.4. The number of fused-ring (bicyclic) bond motifs is 4. The van der Waals surface area contributed by atoms with Crippen LogP contribution in [0.2, 0.25) is 0 Å². The highest BCUT2D eigenvalue weighted by Crippen LogP contribution is 2.38. The molecule has 6 heterocycles. The van der Waals surface area contributed by atoms with Gasteiger partial charge in [-0.3, -0.25) is 4.79 Å². The van der Waals surface area contributed by atoms with Crippen molar-refractivity contribution in [1.29, 1.82) is 0 Å². The molecule has 7 N–H and O–H groups in total. The first-order valence-electron chi connectivity index (χ1n) is 26.7. The summed E-state index contributed by atoms with van der Waals surface area (Å²) in [6.07, 6.45) is 11.7.